The van der Waals surface area contributed by atoms with Crippen LogP contribution in [0.15, 0.2) is 5.38 Å². The lowest BCUT2D eigenvalue weighted by Crippen LogP contribution is -2.26. The number of aliphatic hydroxyl groups excluding tert-OH is 1. The minimum Gasteiger partial charge on any atom is -0.392 e. The standard InChI is InChI=1S/C13H24N2OS/c1-5-6-10(16)7-14-8-12-15-11(9-17-12)13(2,3)4/h9-10,14,16H,5-8H2,1-4H3. The maximum atomic E-state index is 9.58. The lowest BCUT2D eigenvalue weighted by molar-refractivity contribution is 0.160. The number of aliphatic hydroxyl groups is 1. The zero-order valence-electron chi connectivity index (χ0n) is 11.3. The smallest absolute Gasteiger partial charge is 0.107 e. The van der Waals surface area contributed by atoms with Gasteiger partial charge in [-0.25, -0.2) is 4.98 Å². The first-order chi connectivity index (χ1) is 7.93. The van der Waals surface area contributed by atoms with Gasteiger partial charge in [-0.15, -0.1) is 11.3 Å². The monoisotopic (exact) mass is 256 g/mol. The van der Waals surface area contributed by atoms with E-state index in [9.17, 15) is 5.11 Å². The molecule has 1 heterocycles. The van der Waals surface area contributed by atoms with E-state index in [2.05, 4.69) is 43.4 Å². The molecule has 0 fully saturated rings. The van der Waals surface area contributed by atoms with Gasteiger partial charge >= 0.3 is 0 Å². The van der Waals surface area contributed by atoms with Crippen LogP contribution in [-0.2, 0) is 12.0 Å². The largest absolute Gasteiger partial charge is 0.392 e. The molecule has 0 aliphatic carbocycles. The van der Waals surface area contributed by atoms with Crippen molar-refractivity contribution in [3.63, 3.8) is 0 Å². The first-order valence-electron chi connectivity index (χ1n) is 6.27. The van der Waals surface area contributed by atoms with Crippen LogP contribution in [0, 0.1) is 0 Å². The van der Waals surface area contributed by atoms with Gasteiger partial charge in [0.1, 0.15) is 5.01 Å². The van der Waals surface area contributed by atoms with Crippen LogP contribution in [0.25, 0.3) is 0 Å². The Kier molecular flexibility index (Phi) is 5.56. The number of nitrogens with zero attached hydrogens (tertiary/aromatic N) is 1. The van der Waals surface area contributed by atoms with Crippen molar-refractivity contribution in [3.8, 4) is 0 Å². The van der Waals surface area contributed by atoms with Gasteiger partial charge in [0.25, 0.3) is 0 Å². The molecule has 0 saturated carbocycles. The average molecular weight is 256 g/mol. The van der Waals surface area contributed by atoms with E-state index in [1.807, 2.05) is 0 Å². The molecule has 0 aromatic carbocycles. The normalized spacial score (nSPS) is 13.9. The molecule has 0 saturated heterocycles. The third kappa shape index (κ3) is 5.15. The van der Waals surface area contributed by atoms with E-state index in [4.69, 9.17) is 0 Å². The Morgan fingerprint density at radius 3 is 2.71 bits per heavy atom. The van der Waals surface area contributed by atoms with E-state index in [1.54, 1.807) is 11.3 Å². The number of hydrogen-bond acceptors (Lipinski definition) is 4. The predicted molar refractivity (Wildman–Crippen MR) is 73.4 cm³/mol. The summed E-state index contributed by atoms with van der Waals surface area (Å²) in [5.74, 6) is 0. The van der Waals surface area contributed by atoms with Crippen molar-refractivity contribution in [2.24, 2.45) is 0 Å². The van der Waals surface area contributed by atoms with Gasteiger partial charge in [-0.2, -0.15) is 0 Å². The fraction of sp³-hybridized carbons (Fsp3) is 0.769. The van der Waals surface area contributed by atoms with Gasteiger partial charge < -0.3 is 10.4 Å². The predicted octanol–water partition coefficient (Wildman–Crippen LogP) is 2.69. The van der Waals surface area contributed by atoms with Crippen LogP contribution in [0.3, 0.4) is 0 Å². The molecule has 1 unspecified atom stereocenters. The molecule has 0 aliphatic heterocycles. The van der Waals surface area contributed by atoms with Gasteiger partial charge in [0.2, 0.25) is 0 Å². The molecule has 1 aromatic rings. The molecule has 2 N–H and O–H groups in total. The summed E-state index contributed by atoms with van der Waals surface area (Å²) in [4.78, 5) is 4.60. The molecule has 4 heteroatoms. The quantitative estimate of drug-likeness (QED) is 0.822. The van der Waals surface area contributed by atoms with E-state index < -0.39 is 0 Å². The summed E-state index contributed by atoms with van der Waals surface area (Å²) in [6, 6.07) is 0. The zero-order valence-corrected chi connectivity index (χ0v) is 12.1. The van der Waals surface area contributed by atoms with Gasteiger partial charge in [-0.1, -0.05) is 34.1 Å². The van der Waals surface area contributed by atoms with E-state index in [1.165, 1.54) is 0 Å². The van der Waals surface area contributed by atoms with Crippen LogP contribution >= 0.6 is 11.3 Å². The first kappa shape index (κ1) is 14.6. The van der Waals surface area contributed by atoms with Gasteiger partial charge in [0.05, 0.1) is 11.8 Å². The van der Waals surface area contributed by atoms with Crippen molar-refractivity contribution in [2.45, 2.75) is 58.6 Å². The topological polar surface area (TPSA) is 45.1 Å². The number of hydrogen-bond donors (Lipinski definition) is 2. The number of aromatic nitrogens is 1. The highest BCUT2D eigenvalue weighted by Gasteiger charge is 2.17. The Morgan fingerprint density at radius 1 is 1.47 bits per heavy atom. The summed E-state index contributed by atoms with van der Waals surface area (Å²) in [5.41, 5.74) is 1.27. The van der Waals surface area contributed by atoms with Gasteiger partial charge in [-0.05, 0) is 6.42 Å². The highest BCUT2D eigenvalue weighted by Crippen LogP contribution is 2.23. The molecule has 0 aliphatic rings. The van der Waals surface area contributed by atoms with Gasteiger partial charge in [0.15, 0.2) is 0 Å². The van der Waals surface area contributed by atoms with Crippen molar-refractivity contribution in [3.05, 3.63) is 16.1 Å². The van der Waals surface area contributed by atoms with Crippen molar-refractivity contribution >= 4 is 11.3 Å². The van der Waals surface area contributed by atoms with Gasteiger partial charge in [-0.3, -0.25) is 0 Å². The van der Waals surface area contributed by atoms with Crippen molar-refractivity contribution in [2.75, 3.05) is 6.54 Å². The van der Waals surface area contributed by atoms with Crippen molar-refractivity contribution < 1.29 is 5.11 Å². The van der Waals surface area contributed by atoms with Crippen LogP contribution in [0.2, 0.25) is 0 Å². The van der Waals surface area contributed by atoms with Crippen LogP contribution in [0.4, 0.5) is 0 Å². The van der Waals surface area contributed by atoms with Crippen molar-refractivity contribution in [1.29, 1.82) is 0 Å². The van der Waals surface area contributed by atoms with Crippen LogP contribution in [-0.4, -0.2) is 22.7 Å². The third-order valence-corrected chi connectivity index (χ3v) is 3.45. The highest BCUT2D eigenvalue weighted by molar-refractivity contribution is 7.09. The molecule has 0 bridgehead atoms. The second-order valence-corrected chi connectivity index (χ2v) is 6.39. The van der Waals surface area contributed by atoms with E-state index >= 15 is 0 Å². The molecule has 1 aromatic heterocycles. The maximum absolute atomic E-state index is 9.58. The summed E-state index contributed by atoms with van der Waals surface area (Å²) in [7, 11) is 0. The summed E-state index contributed by atoms with van der Waals surface area (Å²) < 4.78 is 0. The second-order valence-electron chi connectivity index (χ2n) is 5.45. The molecule has 3 nitrogen and oxygen atoms in total. The van der Waals surface area contributed by atoms with Crippen LogP contribution in [0.5, 0.6) is 0 Å². The lowest BCUT2D eigenvalue weighted by atomic mass is 9.93. The van der Waals surface area contributed by atoms with E-state index in [0.717, 1.165) is 30.1 Å². The molecular weight excluding hydrogens is 232 g/mol. The minimum atomic E-state index is -0.234. The molecule has 0 spiro atoms. The summed E-state index contributed by atoms with van der Waals surface area (Å²) in [6.45, 7) is 10.00. The lowest BCUT2D eigenvalue weighted by Gasteiger charge is -2.14. The average Bonchev–Trinajstić information content (AvgIpc) is 2.66. The summed E-state index contributed by atoms with van der Waals surface area (Å²) in [6.07, 6.45) is 1.65. The van der Waals surface area contributed by atoms with Gasteiger partial charge in [0, 0.05) is 23.9 Å². The number of rotatable bonds is 6. The Balaban J connectivity index is 2.35. The number of nitrogens with one attached hydrogen (secondary N) is 1. The minimum absolute atomic E-state index is 0.122. The van der Waals surface area contributed by atoms with E-state index in [-0.39, 0.29) is 11.5 Å². The number of thiazole rings is 1. The summed E-state index contributed by atoms with van der Waals surface area (Å²) in [5, 5.41) is 16.1. The Bertz CT molecular complexity index is 330. The first-order valence-corrected chi connectivity index (χ1v) is 7.15. The molecule has 0 amide bonds. The molecular formula is C13H24N2OS. The van der Waals surface area contributed by atoms with E-state index in [0.29, 0.717) is 6.54 Å². The fourth-order valence-electron chi connectivity index (χ4n) is 1.52. The molecule has 0 radical (unpaired) electrons. The van der Waals surface area contributed by atoms with Crippen LogP contribution < -0.4 is 5.32 Å². The highest BCUT2D eigenvalue weighted by atomic mass is 32.1. The molecule has 98 valence electrons. The molecule has 1 rings (SSSR count). The SMILES string of the molecule is CCCC(O)CNCc1nc(C(C)(C)C)cs1. The van der Waals surface area contributed by atoms with Crippen LogP contribution in [0.1, 0.15) is 51.2 Å². The third-order valence-electron chi connectivity index (χ3n) is 2.60. The Hall–Kier alpha value is -0.450. The maximum Gasteiger partial charge on any atom is 0.107 e. The zero-order chi connectivity index (χ0) is 12.9. The summed E-state index contributed by atoms with van der Waals surface area (Å²) >= 11 is 1.69. The second kappa shape index (κ2) is 6.47. The van der Waals surface area contributed by atoms with Crippen molar-refractivity contribution in [1.82, 2.24) is 10.3 Å². The molecule has 17 heavy (non-hydrogen) atoms. The Morgan fingerprint density at radius 2 is 2.18 bits per heavy atom. The Labute approximate surface area is 108 Å². The fourth-order valence-corrected chi connectivity index (χ4v) is 2.51. The molecule has 1 atom stereocenters.